The van der Waals surface area contributed by atoms with Crippen molar-refractivity contribution < 1.29 is 9.18 Å². The highest BCUT2D eigenvalue weighted by atomic mass is 19.1. The average molecular weight is 292 g/mol. The lowest BCUT2D eigenvalue weighted by atomic mass is 9.96. The van der Waals surface area contributed by atoms with Crippen LogP contribution in [0.2, 0.25) is 0 Å². The first-order chi connectivity index (χ1) is 10.1. The number of benzene rings is 1. The fourth-order valence-electron chi connectivity index (χ4n) is 3.06. The zero-order valence-electron chi connectivity index (χ0n) is 12.7. The maximum absolute atomic E-state index is 13.2. The summed E-state index contributed by atoms with van der Waals surface area (Å²) < 4.78 is 13.2. The molecule has 1 heterocycles. The van der Waals surface area contributed by atoms with E-state index in [0.29, 0.717) is 18.9 Å². The minimum Gasteiger partial charge on any atom is -0.341 e. The third-order valence-electron chi connectivity index (χ3n) is 4.32. The Labute approximate surface area is 126 Å². The molecule has 0 bridgehead atoms. The van der Waals surface area contributed by atoms with E-state index >= 15 is 0 Å². The minimum absolute atomic E-state index is 0.181. The van der Waals surface area contributed by atoms with Crippen LogP contribution >= 0.6 is 0 Å². The molecule has 0 aliphatic carbocycles. The summed E-state index contributed by atoms with van der Waals surface area (Å²) in [6, 6.07) is 6.00. The van der Waals surface area contributed by atoms with Gasteiger partial charge in [0.2, 0.25) is 5.91 Å². The molecule has 2 N–H and O–H groups in total. The number of nitrogens with zero attached hydrogens (tertiary/aromatic N) is 1. The molecule has 2 rings (SSSR count). The van der Waals surface area contributed by atoms with Crippen molar-refractivity contribution >= 4 is 5.91 Å². The molecule has 1 aromatic rings. The predicted molar refractivity (Wildman–Crippen MR) is 82.2 cm³/mol. The molecule has 0 spiro atoms. The Bertz CT molecular complexity index is 478. The van der Waals surface area contributed by atoms with E-state index < -0.39 is 0 Å². The van der Waals surface area contributed by atoms with Crippen LogP contribution in [0.3, 0.4) is 0 Å². The molecule has 3 nitrogen and oxygen atoms in total. The van der Waals surface area contributed by atoms with E-state index in [1.807, 2.05) is 11.0 Å². The van der Waals surface area contributed by atoms with Crippen molar-refractivity contribution in [1.82, 2.24) is 4.90 Å². The zero-order valence-corrected chi connectivity index (χ0v) is 12.7. The topological polar surface area (TPSA) is 46.3 Å². The molecule has 0 radical (unpaired) electrons. The zero-order chi connectivity index (χ0) is 15.2. The van der Waals surface area contributed by atoms with E-state index in [-0.39, 0.29) is 17.8 Å². The summed E-state index contributed by atoms with van der Waals surface area (Å²) in [7, 11) is 0. The highest BCUT2D eigenvalue weighted by Gasteiger charge is 2.23. The van der Waals surface area contributed by atoms with Gasteiger partial charge < -0.3 is 10.6 Å². The van der Waals surface area contributed by atoms with Crippen LogP contribution in [0.15, 0.2) is 24.3 Å². The Morgan fingerprint density at radius 3 is 2.95 bits per heavy atom. The predicted octanol–water partition coefficient (Wildman–Crippen LogP) is 3.25. The van der Waals surface area contributed by atoms with Crippen molar-refractivity contribution in [2.24, 2.45) is 11.7 Å². The summed E-state index contributed by atoms with van der Waals surface area (Å²) in [5.41, 5.74) is 6.89. The SMILES string of the molecule is CCCC1CCC(=O)N(CC(N)c2cccc(F)c2)CC1. The third kappa shape index (κ3) is 4.53. The average Bonchev–Trinajstić information content (AvgIpc) is 2.63. The molecule has 21 heavy (non-hydrogen) atoms. The van der Waals surface area contributed by atoms with Crippen molar-refractivity contribution in [3.63, 3.8) is 0 Å². The molecule has 0 saturated carbocycles. The number of halogens is 1. The normalized spacial score (nSPS) is 21.2. The molecule has 1 fully saturated rings. The molecule has 1 amide bonds. The second-order valence-electron chi connectivity index (χ2n) is 5.98. The van der Waals surface area contributed by atoms with E-state index in [0.717, 1.165) is 24.9 Å². The first kappa shape index (κ1) is 16.0. The molecule has 1 aliphatic heterocycles. The molecule has 1 aromatic carbocycles. The summed E-state index contributed by atoms with van der Waals surface area (Å²) in [6.07, 6.45) is 5.01. The Balaban J connectivity index is 1.96. The molecule has 0 aromatic heterocycles. The smallest absolute Gasteiger partial charge is 0.222 e. The molecule has 4 heteroatoms. The van der Waals surface area contributed by atoms with Gasteiger partial charge in [0.15, 0.2) is 0 Å². The van der Waals surface area contributed by atoms with Crippen molar-refractivity contribution in [3.05, 3.63) is 35.6 Å². The number of amides is 1. The van der Waals surface area contributed by atoms with Gasteiger partial charge in [0, 0.05) is 25.6 Å². The van der Waals surface area contributed by atoms with Crippen LogP contribution in [0.1, 0.15) is 50.6 Å². The monoisotopic (exact) mass is 292 g/mol. The number of rotatable bonds is 5. The minimum atomic E-state index is -0.327. The van der Waals surface area contributed by atoms with E-state index in [1.54, 1.807) is 6.07 Å². The molecule has 1 saturated heterocycles. The standard InChI is InChI=1S/C17H25FN2O/c1-2-4-13-7-8-17(21)20(10-9-13)12-16(19)14-5-3-6-15(18)11-14/h3,5-6,11,13,16H,2,4,7-10,12,19H2,1H3. The van der Waals surface area contributed by atoms with Gasteiger partial charge in [0.25, 0.3) is 0 Å². The van der Waals surface area contributed by atoms with Crippen LogP contribution in [0.5, 0.6) is 0 Å². The molecule has 2 atom stereocenters. The maximum atomic E-state index is 13.2. The molecule has 2 unspecified atom stereocenters. The fraction of sp³-hybridized carbons (Fsp3) is 0.588. The van der Waals surface area contributed by atoms with Gasteiger partial charge in [-0.15, -0.1) is 0 Å². The van der Waals surface area contributed by atoms with Crippen molar-refractivity contribution in [2.45, 2.75) is 45.1 Å². The lowest BCUT2D eigenvalue weighted by Gasteiger charge is -2.25. The summed E-state index contributed by atoms with van der Waals surface area (Å²) in [4.78, 5) is 14.0. The van der Waals surface area contributed by atoms with E-state index in [4.69, 9.17) is 5.73 Å². The van der Waals surface area contributed by atoms with Gasteiger partial charge in [-0.2, -0.15) is 0 Å². The summed E-state index contributed by atoms with van der Waals surface area (Å²) in [6.45, 7) is 3.43. The quantitative estimate of drug-likeness (QED) is 0.905. The maximum Gasteiger partial charge on any atom is 0.222 e. The Kier molecular flexibility index (Phi) is 5.74. The Morgan fingerprint density at radius 1 is 1.43 bits per heavy atom. The van der Waals surface area contributed by atoms with Crippen molar-refractivity contribution in [3.8, 4) is 0 Å². The summed E-state index contributed by atoms with van der Waals surface area (Å²) in [5.74, 6) is 0.544. The second-order valence-corrected chi connectivity index (χ2v) is 5.98. The molecule has 1 aliphatic rings. The first-order valence-corrected chi connectivity index (χ1v) is 7.89. The van der Waals surface area contributed by atoms with Gasteiger partial charge in [-0.05, 0) is 36.5 Å². The van der Waals surface area contributed by atoms with Crippen molar-refractivity contribution in [1.29, 1.82) is 0 Å². The van der Waals surface area contributed by atoms with Crippen LogP contribution in [-0.2, 0) is 4.79 Å². The number of carbonyl (C=O) groups is 1. The van der Waals surface area contributed by atoms with Gasteiger partial charge in [-0.3, -0.25) is 4.79 Å². The highest BCUT2D eigenvalue weighted by Crippen LogP contribution is 2.24. The van der Waals surface area contributed by atoms with Crippen LogP contribution in [0.4, 0.5) is 4.39 Å². The lowest BCUT2D eigenvalue weighted by molar-refractivity contribution is -0.130. The van der Waals surface area contributed by atoms with E-state index in [9.17, 15) is 9.18 Å². The fourth-order valence-corrected chi connectivity index (χ4v) is 3.06. The Morgan fingerprint density at radius 2 is 2.24 bits per heavy atom. The largest absolute Gasteiger partial charge is 0.341 e. The highest BCUT2D eigenvalue weighted by molar-refractivity contribution is 5.76. The molecule has 116 valence electrons. The second kappa shape index (κ2) is 7.55. The van der Waals surface area contributed by atoms with Crippen LogP contribution in [0, 0.1) is 11.7 Å². The van der Waals surface area contributed by atoms with Gasteiger partial charge in [0.1, 0.15) is 5.82 Å². The number of carbonyl (C=O) groups excluding carboxylic acids is 1. The number of hydrogen-bond acceptors (Lipinski definition) is 2. The number of likely N-dealkylation sites (tertiary alicyclic amines) is 1. The van der Waals surface area contributed by atoms with E-state index in [2.05, 4.69) is 6.92 Å². The number of hydrogen-bond donors (Lipinski definition) is 1. The van der Waals surface area contributed by atoms with Crippen LogP contribution < -0.4 is 5.73 Å². The summed E-state index contributed by atoms with van der Waals surface area (Å²) >= 11 is 0. The van der Waals surface area contributed by atoms with Crippen LogP contribution in [-0.4, -0.2) is 23.9 Å². The van der Waals surface area contributed by atoms with Crippen LogP contribution in [0.25, 0.3) is 0 Å². The lowest BCUT2D eigenvalue weighted by Crippen LogP contribution is -2.36. The van der Waals surface area contributed by atoms with E-state index in [1.165, 1.54) is 25.0 Å². The first-order valence-electron chi connectivity index (χ1n) is 7.89. The van der Waals surface area contributed by atoms with Gasteiger partial charge >= 0.3 is 0 Å². The van der Waals surface area contributed by atoms with Gasteiger partial charge in [-0.25, -0.2) is 4.39 Å². The summed E-state index contributed by atoms with van der Waals surface area (Å²) in [5, 5.41) is 0. The molecular weight excluding hydrogens is 267 g/mol. The van der Waals surface area contributed by atoms with Gasteiger partial charge in [0.05, 0.1) is 0 Å². The molecular formula is C17H25FN2O. The number of nitrogens with two attached hydrogens (primary N) is 1. The van der Waals surface area contributed by atoms with Gasteiger partial charge in [-0.1, -0.05) is 31.9 Å². The van der Waals surface area contributed by atoms with Crippen molar-refractivity contribution in [2.75, 3.05) is 13.1 Å². The Hall–Kier alpha value is -1.42. The third-order valence-corrected chi connectivity index (χ3v) is 4.32.